The van der Waals surface area contributed by atoms with Crippen LogP contribution in [0.1, 0.15) is 81.5 Å². The summed E-state index contributed by atoms with van der Waals surface area (Å²) in [5.74, 6) is -4.03. The van der Waals surface area contributed by atoms with Crippen molar-refractivity contribution in [2.24, 2.45) is 7.05 Å². The molecule has 0 spiro atoms. The number of imidazole rings is 1. The minimum Gasteiger partial charge on any atom is -0.507 e. The molecule has 7 rings (SSSR count). The van der Waals surface area contributed by atoms with Gasteiger partial charge in [0.1, 0.15) is 35.1 Å². The van der Waals surface area contributed by atoms with Gasteiger partial charge in [-0.05, 0) is 24.8 Å². The summed E-state index contributed by atoms with van der Waals surface area (Å²) in [5.41, 5.74) is -3.36. The number of nitriles is 1. The van der Waals surface area contributed by atoms with Crippen molar-refractivity contribution in [2.75, 3.05) is 26.7 Å². The van der Waals surface area contributed by atoms with Crippen molar-refractivity contribution in [1.82, 2.24) is 19.4 Å². The van der Waals surface area contributed by atoms with Gasteiger partial charge in [-0.1, -0.05) is 17.1 Å². The van der Waals surface area contributed by atoms with E-state index in [9.17, 15) is 55.0 Å². The number of fused-ring (bicyclic) bond motifs is 3. The Morgan fingerprint density at radius 3 is 2.53 bits per heavy atom. The van der Waals surface area contributed by atoms with E-state index in [1.807, 2.05) is 0 Å². The standard InChI is InChI=1S/C38H40N6O14/c1-17-31(46)23(43-9-8-42(15-19(43)13-39)37(51)56-16-20-14-40-36(41(20)3)44(53)54)10-26(57-17)58-25-12-38(52,18(2)45)11-22-28(25)35(50)30-29(33(22)48)32(47)21-6-5-7-24(55-4)27(21)34(30)49/h5-7,14,17,19,23,25-26,31,46,48,50,52H,8-12,15-16H2,1-4H3/t17-,19?,23?,25-,26-,31+,38-/m0/s1. The van der Waals surface area contributed by atoms with Gasteiger partial charge >= 0.3 is 12.0 Å². The summed E-state index contributed by atoms with van der Waals surface area (Å²) in [6.45, 7) is 2.46. The number of aliphatic hydroxyl groups is 2. The van der Waals surface area contributed by atoms with Gasteiger partial charge < -0.3 is 54.4 Å². The first-order valence-electron chi connectivity index (χ1n) is 18.3. The molecule has 20 heteroatoms. The number of hydrogen-bond donors (Lipinski definition) is 4. The second-order valence-electron chi connectivity index (χ2n) is 14.8. The van der Waals surface area contributed by atoms with E-state index in [1.165, 1.54) is 48.0 Å². The number of nitro groups is 1. The molecule has 0 bridgehead atoms. The van der Waals surface area contributed by atoms with Crippen LogP contribution in [0, 0.1) is 21.4 Å². The molecule has 0 saturated carbocycles. The quantitative estimate of drug-likeness (QED) is 0.112. The number of carbonyl (C=O) groups is 4. The van der Waals surface area contributed by atoms with Crippen molar-refractivity contribution in [3.63, 3.8) is 0 Å². The Balaban J connectivity index is 1.14. The maximum Gasteiger partial charge on any atom is 0.434 e. The number of hydrogen-bond acceptors (Lipinski definition) is 17. The lowest BCUT2D eigenvalue weighted by Crippen LogP contribution is -2.63. The van der Waals surface area contributed by atoms with E-state index in [2.05, 4.69) is 11.1 Å². The van der Waals surface area contributed by atoms with Gasteiger partial charge in [-0.25, -0.2) is 9.36 Å². The number of carbonyl (C=O) groups excluding carboxylic acids is 4. The molecule has 306 valence electrons. The van der Waals surface area contributed by atoms with E-state index >= 15 is 0 Å². The topological polar surface area (TPSA) is 277 Å². The molecular weight excluding hydrogens is 764 g/mol. The summed E-state index contributed by atoms with van der Waals surface area (Å²) in [6.07, 6.45) is -5.28. The number of aromatic hydroxyl groups is 2. The average molecular weight is 805 g/mol. The third kappa shape index (κ3) is 6.59. The minimum atomic E-state index is -2.14. The molecule has 4 aliphatic rings. The van der Waals surface area contributed by atoms with Crippen LogP contribution in [0.4, 0.5) is 10.7 Å². The highest BCUT2D eigenvalue weighted by molar-refractivity contribution is 6.31. The summed E-state index contributed by atoms with van der Waals surface area (Å²) in [6, 6.07) is 4.77. The number of rotatable bonds is 8. The van der Waals surface area contributed by atoms with Crippen LogP contribution >= 0.6 is 0 Å². The van der Waals surface area contributed by atoms with Gasteiger partial charge in [-0.3, -0.25) is 19.3 Å². The monoisotopic (exact) mass is 804 g/mol. The first-order valence-corrected chi connectivity index (χ1v) is 18.3. The van der Waals surface area contributed by atoms with E-state index in [4.69, 9.17) is 18.9 Å². The number of aromatic nitrogens is 2. The number of phenolic OH excluding ortho intramolecular Hbond substituents is 2. The van der Waals surface area contributed by atoms with Gasteiger partial charge in [-0.2, -0.15) is 5.26 Å². The number of nitrogens with zero attached hydrogens (tertiary/aromatic N) is 6. The van der Waals surface area contributed by atoms with Crippen molar-refractivity contribution in [2.45, 2.75) is 82.0 Å². The molecule has 20 nitrogen and oxygen atoms in total. The van der Waals surface area contributed by atoms with Crippen molar-refractivity contribution in [3.05, 3.63) is 73.6 Å². The molecule has 0 radical (unpaired) electrons. The highest BCUT2D eigenvalue weighted by Gasteiger charge is 2.50. The summed E-state index contributed by atoms with van der Waals surface area (Å²) in [7, 11) is 2.72. The molecule has 2 unspecified atom stereocenters. The fraction of sp³-hybridized carbons (Fsp3) is 0.474. The Kier molecular flexibility index (Phi) is 10.5. The van der Waals surface area contributed by atoms with Crippen LogP contribution in [0.15, 0.2) is 24.4 Å². The molecule has 1 aromatic heterocycles. The third-order valence-electron chi connectivity index (χ3n) is 11.5. The number of methoxy groups -OCH3 is 1. The molecule has 7 atom stereocenters. The summed E-state index contributed by atoms with van der Waals surface area (Å²) < 4.78 is 24.3. The number of ether oxygens (including phenoxy) is 4. The summed E-state index contributed by atoms with van der Waals surface area (Å²) >= 11 is 0. The van der Waals surface area contributed by atoms with Crippen molar-refractivity contribution in [1.29, 1.82) is 5.26 Å². The maximum atomic E-state index is 14.0. The van der Waals surface area contributed by atoms with E-state index in [-0.39, 0.29) is 66.4 Å². The molecule has 2 aromatic carbocycles. The Morgan fingerprint density at radius 2 is 1.88 bits per heavy atom. The number of aliphatic hydroxyl groups excluding tert-OH is 1. The zero-order valence-corrected chi connectivity index (χ0v) is 31.8. The fourth-order valence-electron chi connectivity index (χ4n) is 8.37. The van der Waals surface area contributed by atoms with Crippen LogP contribution < -0.4 is 4.74 Å². The summed E-state index contributed by atoms with van der Waals surface area (Å²) in [4.78, 5) is 70.9. The first-order chi connectivity index (χ1) is 27.5. The molecule has 2 aliphatic heterocycles. The zero-order chi connectivity index (χ0) is 42.0. The smallest absolute Gasteiger partial charge is 0.434 e. The van der Waals surface area contributed by atoms with Crippen LogP contribution in [0.2, 0.25) is 0 Å². The predicted octanol–water partition coefficient (Wildman–Crippen LogP) is 1.56. The fourth-order valence-corrected chi connectivity index (χ4v) is 8.37. The van der Waals surface area contributed by atoms with Gasteiger partial charge in [0.05, 0.1) is 61.8 Å². The van der Waals surface area contributed by atoms with Crippen molar-refractivity contribution >= 4 is 29.4 Å². The molecular formula is C38H40N6O14. The maximum absolute atomic E-state index is 14.0. The Morgan fingerprint density at radius 1 is 1.16 bits per heavy atom. The first kappa shape index (κ1) is 40.2. The molecule has 2 aliphatic carbocycles. The number of ketones is 3. The normalized spacial score (nSPS) is 26.9. The van der Waals surface area contributed by atoms with Crippen LogP contribution in [-0.4, -0.2) is 131 Å². The lowest BCUT2D eigenvalue weighted by atomic mass is 9.72. The minimum absolute atomic E-state index is 0.0671. The molecule has 3 heterocycles. The van der Waals surface area contributed by atoms with E-state index in [0.717, 1.165) is 6.92 Å². The van der Waals surface area contributed by atoms with Crippen molar-refractivity contribution in [3.8, 4) is 23.3 Å². The summed E-state index contributed by atoms with van der Waals surface area (Å²) in [5, 5.41) is 67.8. The third-order valence-corrected chi connectivity index (χ3v) is 11.5. The highest BCUT2D eigenvalue weighted by atomic mass is 16.7. The Hall–Kier alpha value is -5.98. The second kappa shape index (κ2) is 15.1. The van der Waals surface area contributed by atoms with Crippen LogP contribution in [0.3, 0.4) is 0 Å². The molecule has 1 amide bonds. The number of benzene rings is 2. The molecule has 58 heavy (non-hydrogen) atoms. The number of piperazine rings is 1. The van der Waals surface area contributed by atoms with Crippen LogP contribution in [0.25, 0.3) is 0 Å². The predicted molar refractivity (Wildman–Crippen MR) is 194 cm³/mol. The Bertz CT molecular complexity index is 2290. The van der Waals surface area contributed by atoms with E-state index in [1.54, 1.807) is 11.8 Å². The number of Topliss-reactive ketones (excluding diaryl/α,β-unsaturated/α-hetero) is 1. The molecule has 4 N–H and O–H groups in total. The van der Waals surface area contributed by atoms with Gasteiger partial charge in [0, 0.05) is 55.1 Å². The van der Waals surface area contributed by atoms with Gasteiger partial charge in [-0.15, -0.1) is 0 Å². The number of amides is 1. The van der Waals surface area contributed by atoms with Gasteiger partial charge in [0.25, 0.3) is 0 Å². The van der Waals surface area contributed by atoms with Gasteiger partial charge in [0.15, 0.2) is 30.2 Å². The van der Waals surface area contributed by atoms with E-state index in [0.29, 0.717) is 0 Å². The molecule has 3 aromatic rings. The van der Waals surface area contributed by atoms with Crippen LogP contribution in [0.5, 0.6) is 17.2 Å². The largest absolute Gasteiger partial charge is 0.507 e. The lowest BCUT2D eigenvalue weighted by molar-refractivity contribution is -0.396. The highest BCUT2D eigenvalue weighted by Crippen LogP contribution is 2.52. The SMILES string of the molecule is COc1cccc2c1C(=O)c1c(O)c3c(c(O)c1C2=O)C[C@@](O)(C(C)=O)C[C@@H]3O[C@H]1CC(N2CCN(C(=O)OCc3cnc([N+](=O)[O-])n3C)CC2C#N)[C@H](O)[C@H](C)O1. The van der Waals surface area contributed by atoms with Gasteiger partial charge in [0.2, 0.25) is 5.78 Å². The Labute approximate surface area is 329 Å². The molecule has 2 saturated heterocycles. The van der Waals surface area contributed by atoms with E-state index < -0.39 is 112 Å². The lowest BCUT2D eigenvalue weighted by Gasteiger charge is -2.48. The average Bonchev–Trinajstić information content (AvgIpc) is 3.57. The molecule has 2 fully saturated rings. The van der Waals surface area contributed by atoms with Crippen LogP contribution in [-0.2, 0) is 39.1 Å². The van der Waals surface area contributed by atoms with Crippen molar-refractivity contribution < 1.29 is 63.5 Å². The zero-order valence-electron chi connectivity index (χ0n) is 31.8. The number of phenols is 2. The second-order valence-corrected chi connectivity index (χ2v) is 14.8.